The van der Waals surface area contributed by atoms with Crippen molar-refractivity contribution in [3.05, 3.63) is 29.5 Å². The SMILES string of the molecule is CNCc1c(-c2cccs2)ncn1C. The molecule has 14 heavy (non-hydrogen) atoms. The Kier molecular flexibility index (Phi) is 2.65. The highest BCUT2D eigenvalue weighted by molar-refractivity contribution is 7.13. The Balaban J connectivity index is 2.43. The summed E-state index contributed by atoms with van der Waals surface area (Å²) in [6.45, 7) is 0.851. The molecule has 4 heteroatoms. The van der Waals surface area contributed by atoms with E-state index in [9.17, 15) is 0 Å². The van der Waals surface area contributed by atoms with Crippen molar-refractivity contribution in [1.82, 2.24) is 14.9 Å². The first-order valence-corrected chi connectivity index (χ1v) is 5.39. The van der Waals surface area contributed by atoms with E-state index in [0.29, 0.717) is 0 Å². The highest BCUT2D eigenvalue weighted by Gasteiger charge is 2.10. The van der Waals surface area contributed by atoms with E-state index in [1.807, 2.05) is 20.4 Å². The van der Waals surface area contributed by atoms with Crippen LogP contribution in [-0.4, -0.2) is 16.6 Å². The van der Waals surface area contributed by atoms with Gasteiger partial charge in [-0.2, -0.15) is 0 Å². The van der Waals surface area contributed by atoms with Gasteiger partial charge < -0.3 is 9.88 Å². The third kappa shape index (κ3) is 1.58. The van der Waals surface area contributed by atoms with Crippen LogP contribution in [0.25, 0.3) is 10.6 Å². The molecule has 74 valence electrons. The number of rotatable bonds is 3. The van der Waals surface area contributed by atoms with Gasteiger partial charge in [-0.3, -0.25) is 0 Å². The fourth-order valence-corrected chi connectivity index (χ4v) is 2.19. The number of hydrogen-bond acceptors (Lipinski definition) is 3. The molecule has 0 aromatic carbocycles. The van der Waals surface area contributed by atoms with Crippen LogP contribution in [0.15, 0.2) is 23.8 Å². The molecular weight excluding hydrogens is 194 g/mol. The zero-order valence-electron chi connectivity index (χ0n) is 8.32. The Morgan fingerprint density at radius 3 is 3.07 bits per heavy atom. The van der Waals surface area contributed by atoms with Crippen molar-refractivity contribution in [3.8, 4) is 10.6 Å². The standard InChI is InChI=1S/C10H13N3S/c1-11-6-8-10(12-7-13(8)2)9-4-3-5-14-9/h3-5,7,11H,6H2,1-2H3. The van der Waals surface area contributed by atoms with E-state index in [4.69, 9.17) is 0 Å². The predicted octanol–water partition coefficient (Wildman–Crippen LogP) is 1.87. The Hall–Kier alpha value is -1.13. The van der Waals surface area contributed by atoms with E-state index in [1.165, 1.54) is 10.6 Å². The fraction of sp³-hybridized carbons (Fsp3) is 0.300. The van der Waals surface area contributed by atoms with Crippen LogP contribution >= 0.6 is 11.3 Å². The summed E-state index contributed by atoms with van der Waals surface area (Å²) in [5.41, 5.74) is 2.33. The molecule has 2 aromatic heterocycles. The van der Waals surface area contributed by atoms with Gasteiger partial charge >= 0.3 is 0 Å². The Morgan fingerprint density at radius 1 is 1.57 bits per heavy atom. The lowest BCUT2D eigenvalue weighted by Gasteiger charge is -2.03. The summed E-state index contributed by atoms with van der Waals surface area (Å²) in [4.78, 5) is 5.64. The van der Waals surface area contributed by atoms with Crippen LogP contribution in [0.5, 0.6) is 0 Å². The van der Waals surface area contributed by atoms with Crippen LogP contribution in [0.3, 0.4) is 0 Å². The van der Waals surface area contributed by atoms with Crippen molar-refractivity contribution < 1.29 is 0 Å². The summed E-state index contributed by atoms with van der Waals surface area (Å²) >= 11 is 1.73. The van der Waals surface area contributed by atoms with E-state index >= 15 is 0 Å². The molecule has 2 aromatic rings. The van der Waals surface area contributed by atoms with Gasteiger partial charge in [-0.25, -0.2) is 4.98 Å². The van der Waals surface area contributed by atoms with Gasteiger partial charge in [-0.05, 0) is 18.5 Å². The second kappa shape index (κ2) is 3.94. The van der Waals surface area contributed by atoms with Gasteiger partial charge in [0.05, 0.1) is 16.9 Å². The van der Waals surface area contributed by atoms with E-state index in [2.05, 4.69) is 32.4 Å². The Bertz CT molecular complexity index is 403. The third-order valence-corrected chi connectivity index (χ3v) is 3.03. The largest absolute Gasteiger partial charge is 0.336 e. The van der Waals surface area contributed by atoms with Crippen LogP contribution in [-0.2, 0) is 13.6 Å². The molecule has 0 aliphatic rings. The molecule has 0 radical (unpaired) electrons. The smallest absolute Gasteiger partial charge is 0.103 e. The minimum Gasteiger partial charge on any atom is -0.336 e. The van der Waals surface area contributed by atoms with Crippen LogP contribution < -0.4 is 5.32 Å². The van der Waals surface area contributed by atoms with Crippen molar-refractivity contribution in [1.29, 1.82) is 0 Å². The molecule has 0 saturated heterocycles. The normalized spacial score (nSPS) is 10.7. The Morgan fingerprint density at radius 2 is 2.43 bits per heavy atom. The Labute approximate surface area is 87.4 Å². The number of nitrogens with zero attached hydrogens (tertiary/aromatic N) is 2. The topological polar surface area (TPSA) is 29.9 Å². The molecule has 0 aliphatic heterocycles. The molecule has 0 bridgehead atoms. The minimum absolute atomic E-state index is 0.851. The number of aryl methyl sites for hydroxylation is 1. The van der Waals surface area contributed by atoms with Crippen LogP contribution in [0, 0.1) is 0 Å². The van der Waals surface area contributed by atoms with Crippen molar-refractivity contribution >= 4 is 11.3 Å². The van der Waals surface area contributed by atoms with Crippen LogP contribution in [0.1, 0.15) is 5.69 Å². The number of imidazole rings is 1. The average molecular weight is 207 g/mol. The molecule has 2 rings (SSSR count). The lowest BCUT2D eigenvalue weighted by molar-refractivity contribution is 0.736. The minimum atomic E-state index is 0.851. The average Bonchev–Trinajstić information content (AvgIpc) is 2.77. The summed E-state index contributed by atoms with van der Waals surface area (Å²) < 4.78 is 2.06. The molecule has 0 atom stereocenters. The molecule has 2 heterocycles. The fourth-order valence-electron chi connectivity index (χ4n) is 1.45. The summed E-state index contributed by atoms with van der Waals surface area (Å²) in [5.74, 6) is 0. The molecule has 0 unspecified atom stereocenters. The van der Waals surface area contributed by atoms with Crippen molar-refractivity contribution in [3.63, 3.8) is 0 Å². The van der Waals surface area contributed by atoms with Crippen molar-refractivity contribution in [2.75, 3.05) is 7.05 Å². The highest BCUT2D eigenvalue weighted by Crippen LogP contribution is 2.25. The third-order valence-electron chi connectivity index (χ3n) is 2.16. The van der Waals surface area contributed by atoms with Gasteiger partial charge in [0.25, 0.3) is 0 Å². The molecule has 3 nitrogen and oxygen atoms in total. The van der Waals surface area contributed by atoms with Crippen LogP contribution in [0.2, 0.25) is 0 Å². The van der Waals surface area contributed by atoms with E-state index < -0.39 is 0 Å². The second-order valence-electron chi connectivity index (χ2n) is 3.16. The summed E-state index contributed by atoms with van der Waals surface area (Å²) in [7, 11) is 3.97. The number of aromatic nitrogens is 2. The molecular formula is C10H13N3S. The lowest BCUT2D eigenvalue weighted by atomic mass is 10.2. The van der Waals surface area contributed by atoms with E-state index in [-0.39, 0.29) is 0 Å². The first-order chi connectivity index (χ1) is 6.83. The first kappa shape index (κ1) is 9.43. The molecule has 0 spiro atoms. The summed E-state index contributed by atoms with van der Waals surface area (Å²) in [6, 6.07) is 4.16. The van der Waals surface area contributed by atoms with Crippen LogP contribution in [0.4, 0.5) is 0 Å². The van der Waals surface area contributed by atoms with Crippen molar-refractivity contribution in [2.45, 2.75) is 6.54 Å². The zero-order valence-corrected chi connectivity index (χ0v) is 9.14. The first-order valence-electron chi connectivity index (χ1n) is 4.51. The maximum atomic E-state index is 4.41. The van der Waals surface area contributed by atoms with Gasteiger partial charge in [-0.15, -0.1) is 11.3 Å². The van der Waals surface area contributed by atoms with Gasteiger partial charge in [0.2, 0.25) is 0 Å². The molecule has 0 fully saturated rings. The molecule has 1 N–H and O–H groups in total. The molecule has 0 saturated carbocycles. The van der Waals surface area contributed by atoms with Crippen molar-refractivity contribution in [2.24, 2.45) is 7.05 Å². The quantitative estimate of drug-likeness (QED) is 0.832. The molecule has 0 amide bonds. The number of hydrogen-bond donors (Lipinski definition) is 1. The lowest BCUT2D eigenvalue weighted by Crippen LogP contribution is -2.09. The summed E-state index contributed by atoms with van der Waals surface area (Å²) in [5, 5.41) is 5.23. The monoisotopic (exact) mass is 207 g/mol. The maximum absolute atomic E-state index is 4.41. The van der Waals surface area contributed by atoms with E-state index in [1.54, 1.807) is 11.3 Å². The maximum Gasteiger partial charge on any atom is 0.103 e. The van der Waals surface area contributed by atoms with E-state index in [0.717, 1.165) is 12.2 Å². The second-order valence-corrected chi connectivity index (χ2v) is 4.11. The molecule has 0 aliphatic carbocycles. The zero-order chi connectivity index (χ0) is 9.97. The van der Waals surface area contributed by atoms with Gasteiger partial charge in [0.15, 0.2) is 0 Å². The summed E-state index contributed by atoms with van der Waals surface area (Å²) in [6.07, 6.45) is 1.86. The highest BCUT2D eigenvalue weighted by atomic mass is 32.1. The number of thiophene rings is 1. The van der Waals surface area contributed by atoms with Gasteiger partial charge in [0, 0.05) is 13.6 Å². The number of nitrogens with one attached hydrogen (secondary N) is 1. The predicted molar refractivity (Wildman–Crippen MR) is 59.3 cm³/mol. The van der Waals surface area contributed by atoms with Gasteiger partial charge in [0.1, 0.15) is 5.69 Å². The van der Waals surface area contributed by atoms with Gasteiger partial charge in [-0.1, -0.05) is 6.07 Å².